The Morgan fingerprint density at radius 1 is 1.47 bits per heavy atom. The van der Waals surface area contributed by atoms with Crippen molar-refractivity contribution < 1.29 is 4.74 Å². The highest BCUT2D eigenvalue weighted by molar-refractivity contribution is 5.27. The average Bonchev–Trinajstić information content (AvgIpc) is 2.39. The standard InChI is InChI=1S/C14H24N2O/c1-3-5-6-13(4-2)14(7-8-15)16-9-11-17-12-10-16/h3-6,14H,2,7-12,15H2,1H3/b5-3-,13-6+. The van der Waals surface area contributed by atoms with Crippen molar-refractivity contribution in [2.75, 3.05) is 32.8 Å². The minimum Gasteiger partial charge on any atom is -0.379 e. The molecule has 17 heavy (non-hydrogen) atoms. The van der Waals surface area contributed by atoms with E-state index in [1.54, 1.807) is 0 Å². The van der Waals surface area contributed by atoms with Gasteiger partial charge in [0.1, 0.15) is 0 Å². The second-order valence-corrected chi connectivity index (χ2v) is 4.14. The molecule has 1 fully saturated rings. The summed E-state index contributed by atoms with van der Waals surface area (Å²) in [4.78, 5) is 2.44. The topological polar surface area (TPSA) is 38.5 Å². The van der Waals surface area contributed by atoms with Gasteiger partial charge >= 0.3 is 0 Å². The summed E-state index contributed by atoms with van der Waals surface area (Å²) in [6.07, 6.45) is 9.12. The van der Waals surface area contributed by atoms with Crippen LogP contribution in [-0.4, -0.2) is 43.8 Å². The van der Waals surface area contributed by atoms with E-state index in [9.17, 15) is 0 Å². The van der Waals surface area contributed by atoms with Gasteiger partial charge < -0.3 is 10.5 Å². The maximum atomic E-state index is 5.72. The lowest BCUT2D eigenvalue weighted by molar-refractivity contribution is 0.0231. The van der Waals surface area contributed by atoms with Crippen LogP contribution >= 0.6 is 0 Å². The Labute approximate surface area is 105 Å². The van der Waals surface area contributed by atoms with Crippen molar-refractivity contribution in [1.29, 1.82) is 0 Å². The van der Waals surface area contributed by atoms with Crippen LogP contribution in [0.4, 0.5) is 0 Å². The molecule has 1 rings (SSSR count). The van der Waals surface area contributed by atoms with E-state index in [0.717, 1.165) is 32.7 Å². The zero-order valence-corrected chi connectivity index (χ0v) is 10.8. The smallest absolute Gasteiger partial charge is 0.0594 e. The van der Waals surface area contributed by atoms with Crippen molar-refractivity contribution in [3.8, 4) is 0 Å². The fraction of sp³-hybridized carbons (Fsp3) is 0.571. The fourth-order valence-corrected chi connectivity index (χ4v) is 2.13. The molecular formula is C14H24N2O. The third-order valence-electron chi connectivity index (χ3n) is 3.03. The van der Waals surface area contributed by atoms with Crippen LogP contribution < -0.4 is 5.73 Å². The first kappa shape index (κ1) is 14.2. The number of morpholine rings is 1. The summed E-state index contributed by atoms with van der Waals surface area (Å²) in [6.45, 7) is 10.2. The van der Waals surface area contributed by atoms with Gasteiger partial charge in [-0.3, -0.25) is 4.90 Å². The minimum absolute atomic E-state index is 0.373. The minimum atomic E-state index is 0.373. The molecule has 0 saturated carbocycles. The first-order chi connectivity index (χ1) is 8.33. The van der Waals surface area contributed by atoms with Crippen LogP contribution in [0.3, 0.4) is 0 Å². The van der Waals surface area contributed by atoms with Gasteiger partial charge in [0.15, 0.2) is 0 Å². The van der Waals surface area contributed by atoms with Gasteiger partial charge in [0, 0.05) is 19.1 Å². The van der Waals surface area contributed by atoms with Crippen LogP contribution in [0.2, 0.25) is 0 Å². The van der Waals surface area contributed by atoms with E-state index in [1.807, 2.05) is 19.1 Å². The first-order valence-corrected chi connectivity index (χ1v) is 6.30. The van der Waals surface area contributed by atoms with E-state index in [-0.39, 0.29) is 0 Å². The maximum Gasteiger partial charge on any atom is 0.0594 e. The van der Waals surface area contributed by atoms with Crippen molar-refractivity contribution in [3.05, 3.63) is 36.5 Å². The predicted octanol–water partition coefficient (Wildman–Crippen LogP) is 1.72. The molecule has 1 saturated heterocycles. The van der Waals surface area contributed by atoms with Crippen molar-refractivity contribution in [3.63, 3.8) is 0 Å². The molecule has 0 spiro atoms. The molecule has 2 N–H and O–H groups in total. The van der Waals surface area contributed by atoms with Crippen LogP contribution in [0.1, 0.15) is 13.3 Å². The Kier molecular flexibility index (Phi) is 6.86. The van der Waals surface area contributed by atoms with Crippen molar-refractivity contribution >= 4 is 0 Å². The van der Waals surface area contributed by atoms with E-state index in [2.05, 4.69) is 23.6 Å². The van der Waals surface area contributed by atoms with Crippen molar-refractivity contribution in [1.82, 2.24) is 4.90 Å². The molecule has 0 aromatic rings. The zero-order chi connectivity index (χ0) is 12.5. The van der Waals surface area contributed by atoms with E-state index in [0.29, 0.717) is 12.6 Å². The predicted molar refractivity (Wildman–Crippen MR) is 72.9 cm³/mol. The molecule has 1 aliphatic rings. The molecule has 1 heterocycles. The Morgan fingerprint density at radius 2 is 2.18 bits per heavy atom. The summed E-state index contributed by atoms with van der Waals surface area (Å²) in [6, 6.07) is 0.373. The normalized spacial score (nSPS) is 20.7. The van der Waals surface area contributed by atoms with Gasteiger partial charge in [-0.25, -0.2) is 0 Å². The van der Waals surface area contributed by atoms with Crippen LogP contribution in [0, 0.1) is 0 Å². The lowest BCUT2D eigenvalue weighted by Crippen LogP contribution is -2.45. The lowest BCUT2D eigenvalue weighted by Gasteiger charge is -2.35. The number of allylic oxidation sites excluding steroid dienone is 3. The number of ether oxygens (including phenoxy) is 1. The van der Waals surface area contributed by atoms with Gasteiger partial charge in [-0.1, -0.05) is 30.9 Å². The third kappa shape index (κ3) is 4.46. The highest BCUT2D eigenvalue weighted by Crippen LogP contribution is 2.17. The molecule has 0 amide bonds. The quantitative estimate of drug-likeness (QED) is 0.714. The second kappa shape index (κ2) is 8.23. The largest absolute Gasteiger partial charge is 0.379 e. The molecule has 0 aliphatic carbocycles. The third-order valence-corrected chi connectivity index (χ3v) is 3.03. The summed E-state index contributed by atoms with van der Waals surface area (Å²) >= 11 is 0. The van der Waals surface area contributed by atoms with Crippen molar-refractivity contribution in [2.24, 2.45) is 5.73 Å². The summed E-state index contributed by atoms with van der Waals surface area (Å²) in [5, 5.41) is 0. The molecule has 1 aliphatic heterocycles. The summed E-state index contributed by atoms with van der Waals surface area (Å²) in [5.41, 5.74) is 6.97. The molecule has 0 bridgehead atoms. The summed E-state index contributed by atoms with van der Waals surface area (Å²) in [5.74, 6) is 0. The number of nitrogens with two attached hydrogens (primary N) is 1. The molecule has 0 radical (unpaired) electrons. The van der Waals surface area contributed by atoms with Crippen LogP contribution in [0.5, 0.6) is 0 Å². The molecule has 0 aromatic carbocycles. The Balaban J connectivity index is 2.77. The van der Waals surface area contributed by atoms with Gasteiger partial charge in [0.25, 0.3) is 0 Å². The van der Waals surface area contributed by atoms with Crippen LogP contribution in [-0.2, 0) is 4.74 Å². The van der Waals surface area contributed by atoms with E-state index < -0.39 is 0 Å². The van der Waals surface area contributed by atoms with Gasteiger partial charge in [-0.05, 0) is 25.5 Å². The van der Waals surface area contributed by atoms with E-state index in [1.165, 1.54) is 5.57 Å². The first-order valence-electron chi connectivity index (χ1n) is 6.30. The Morgan fingerprint density at radius 3 is 2.71 bits per heavy atom. The SMILES string of the molecule is C=C/C(=C\C=C/C)C(CCN)N1CCOCC1. The fourth-order valence-electron chi connectivity index (χ4n) is 2.13. The highest BCUT2D eigenvalue weighted by Gasteiger charge is 2.21. The molecule has 1 unspecified atom stereocenters. The van der Waals surface area contributed by atoms with Crippen molar-refractivity contribution in [2.45, 2.75) is 19.4 Å². The van der Waals surface area contributed by atoms with Crippen LogP contribution in [0.15, 0.2) is 36.5 Å². The second-order valence-electron chi connectivity index (χ2n) is 4.14. The summed E-state index contributed by atoms with van der Waals surface area (Å²) < 4.78 is 5.39. The molecule has 0 aromatic heterocycles. The number of hydrogen-bond donors (Lipinski definition) is 1. The molecule has 1 atom stereocenters. The molecular weight excluding hydrogens is 212 g/mol. The number of rotatable bonds is 6. The van der Waals surface area contributed by atoms with Gasteiger partial charge in [-0.2, -0.15) is 0 Å². The molecule has 96 valence electrons. The van der Waals surface area contributed by atoms with E-state index in [4.69, 9.17) is 10.5 Å². The molecule has 3 heteroatoms. The number of nitrogens with zero attached hydrogens (tertiary/aromatic N) is 1. The van der Waals surface area contributed by atoms with Gasteiger partial charge in [0.05, 0.1) is 13.2 Å². The highest BCUT2D eigenvalue weighted by atomic mass is 16.5. The van der Waals surface area contributed by atoms with Gasteiger partial charge in [-0.15, -0.1) is 0 Å². The molecule has 3 nitrogen and oxygen atoms in total. The summed E-state index contributed by atoms with van der Waals surface area (Å²) in [7, 11) is 0. The van der Waals surface area contributed by atoms with E-state index >= 15 is 0 Å². The Bertz CT molecular complexity index is 278. The number of hydrogen-bond acceptors (Lipinski definition) is 3. The van der Waals surface area contributed by atoms with Gasteiger partial charge in [0.2, 0.25) is 0 Å². The van der Waals surface area contributed by atoms with Crippen LogP contribution in [0.25, 0.3) is 0 Å². The average molecular weight is 236 g/mol. The zero-order valence-electron chi connectivity index (χ0n) is 10.8. The maximum absolute atomic E-state index is 5.72. The monoisotopic (exact) mass is 236 g/mol. The Hall–Kier alpha value is -0.900. The lowest BCUT2D eigenvalue weighted by atomic mass is 10.0.